The molecule has 2 heterocycles. The van der Waals surface area contributed by atoms with E-state index in [1.807, 2.05) is 0 Å². The Morgan fingerprint density at radius 2 is 1.89 bits per heavy atom. The maximum Gasteiger partial charge on any atom is 0.287 e. The first kappa shape index (κ1) is 20.2. The van der Waals surface area contributed by atoms with E-state index in [1.54, 1.807) is 35.7 Å². The number of fused-ring (bicyclic) bond motifs is 1. The number of aromatic nitrogens is 2. The van der Waals surface area contributed by atoms with E-state index in [0.29, 0.717) is 17.3 Å². The molecule has 8 nitrogen and oxygen atoms in total. The summed E-state index contributed by atoms with van der Waals surface area (Å²) in [7, 11) is -3.87. The van der Waals surface area contributed by atoms with Gasteiger partial charge in [0.15, 0.2) is 5.69 Å². The van der Waals surface area contributed by atoms with E-state index in [1.165, 1.54) is 10.7 Å². The fourth-order valence-corrected chi connectivity index (χ4v) is 4.54. The number of benzene rings is 1. The third kappa shape index (κ3) is 4.29. The van der Waals surface area contributed by atoms with Gasteiger partial charge in [0.1, 0.15) is 4.21 Å². The van der Waals surface area contributed by atoms with Crippen molar-refractivity contribution in [1.82, 2.24) is 20.0 Å². The normalized spacial score (nSPS) is 11.6. The molecule has 0 unspecified atom stereocenters. The van der Waals surface area contributed by atoms with Crippen molar-refractivity contribution in [2.45, 2.75) is 36.9 Å². The highest BCUT2D eigenvalue weighted by Crippen LogP contribution is 2.16. The largest absolute Gasteiger partial charge is 0.287 e. The van der Waals surface area contributed by atoms with Gasteiger partial charge in [-0.05, 0) is 23.9 Å². The number of thiophene rings is 1. The lowest BCUT2D eigenvalue weighted by molar-refractivity contribution is 0.0939. The van der Waals surface area contributed by atoms with Gasteiger partial charge in [-0.25, -0.2) is 13.1 Å². The van der Waals surface area contributed by atoms with Crippen LogP contribution < -0.4 is 15.8 Å². The first-order chi connectivity index (χ1) is 13.4. The Labute approximate surface area is 166 Å². The first-order valence-electron chi connectivity index (χ1n) is 8.79. The molecule has 0 bridgehead atoms. The number of hydrogen-bond donors (Lipinski definition) is 2. The van der Waals surface area contributed by atoms with Crippen molar-refractivity contribution < 1.29 is 13.2 Å². The van der Waals surface area contributed by atoms with Crippen molar-refractivity contribution in [3.63, 3.8) is 0 Å². The molecular weight excluding hydrogens is 400 g/mol. The van der Waals surface area contributed by atoms with Gasteiger partial charge in [-0.15, -0.1) is 16.2 Å². The van der Waals surface area contributed by atoms with Gasteiger partial charge in [-0.2, -0.15) is 5.10 Å². The average molecular weight is 421 g/mol. The van der Waals surface area contributed by atoms with Gasteiger partial charge < -0.3 is 0 Å². The lowest BCUT2D eigenvalue weighted by atomic mass is 10.1. The standard InChI is InChI=1S/C18H20N4O4S2/c1-2-3-6-11-22-18(24)14-9-5-4-8-13(14)16(20-22)17(23)19-21-28(25,26)15-10-7-12-27-15/h4-5,7-10,12,21H,2-3,6,11H2,1H3,(H,19,23). The molecule has 3 aromatic rings. The molecule has 2 N–H and O–H groups in total. The van der Waals surface area contributed by atoms with Gasteiger partial charge in [0, 0.05) is 11.9 Å². The van der Waals surface area contributed by atoms with Crippen LogP contribution in [0.4, 0.5) is 0 Å². The lowest BCUT2D eigenvalue weighted by Gasteiger charge is -2.11. The van der Waals surface area contributed by atoms with Gasteiger partial charge in [-0.1, -0.05) is 44.0 Å². The Hall–Kier alpha value is -2.56. The zero-order valence-corrected chi connectivity index (χ0v) is 16.8. The summed E-state index contributed by atoms with van der Waals surface area (Å²) in [5.74, 6) is -0.736. The summed E-state index contributed by atoms with van der Waals surface area (Å²) >= 11 is 1.03. The van der Waals surface area contributed by atoms with Crippen molar-refractivity contribution in [3.05, 3.63) is 57.8 Å². The Bertz CT molecular complexity index is 1140. The summed E-state index contributed by atoms with van der Waals surface area (Å²) in [6.45, 7) is 2.44. The van der Waals surface area contributed by atoms with Crippen LogP contribution >= 0.6 is 11.3 Å². The van der Waals surface area contributed by atoms with E-state index < -0.39 is 15.9 Å². The number of sulfonamides is 1. The molecule has 0 atom stereocenters. The van der Waals surface area contributed by atoms with E-state index in [2.05, 4.69) is 22.3 Å². The number of hydrogen-bond acceptors (Lipinski definition) is 6. The highest BCUT2D eigenvalue weighted by Gasteiger charge is 2.20. The minimum Gasteiger partial charge on any atom is -0.272 e. The first-order valence-corrected chi connectivity index (χ1v) is 11.2. The molecule has 1 aromatic carbocycles. The van der Waals surface area contributed by atoms with Gasteiger partial charge in [0.25, 0.3) is 21.5 Å². The van der Waals surface area contributed by atoms with Crippen LogP contribution in [0.5, 0.6) is 0 Å². The monoisotopic (exact) mass is 420 g/mol. The quantitative estimate of drug-likeness (QED) is 0.429. The van der Waals surface area contributed by atoms with Crippen molar-refractivity contribution in [2.75, 3.05) is 0 Å². The molecule has 0 aliphatic carbocycles. The van der Waals surface area contributed by atoms with Gasteiger partial charge >= 0.3 is 0 Å². The third-order valence-corrected chi connectivity index (χ3v) is 6.76. The molecule has 0 saturated heterocycles. The van der Waals surface area contributed by atoms with Crippen LogP contribution in [-0.4, -0.2) is 24.1 Å². The summed E-state index contributed by atoms with van der Waals surface area (Å²) in [5.41, 5.74) is 1.90. The van der Waals surface area contributed by atoms with Crippen LogP contribution in [0.3, 0.4) is 0 Å². The maximum atomic E-state index is 12.7. The number of unbranched alkanes of at least 4 members (excludes halogenated alkanes) is 2. The predicted molar refractivity (Wildman–Crippen MR) is 108 cm³/mol. The molecule has 0 aliphatic rings. The highest BCUT2D eigenvalue weighted by molar-refractivity contribution is 7.91. The van der Waals surface area contributed by atoms with Gasteiger partial charge in [-0.3, -0.25) is 15.0 Å². The molecule has 3 rings (SSSR count). The number of nitrogens with one attached hydrogen (secondary N) is 2. The van der Waals surface area contributed by atoms with Crippen molar-refractivity contribution >= 4 is 38.0 Å². The van der Waals surface area contributed by atoms with E-state index in [9.17, 15) is 18.0 Å². The van der Waals surface area contributed by atoms with E-state index in [-0.39, 0.29) is 15.5 Å². The SMILES string of the molecule is CCCCCn1nc(C(=O)NNS(=O)(=O)c2cccs2)c2ccccc2c1=O. The Balaban J connectivity index is 1.91. The van der Waals surface area contributed by atoms with Crippen LogP contribution in [0, 0.1) is 0 Å². The third-order valence-electron chi connectivity index (χ3n) is 4.12. The fourth-order valence-electron chi connectivity index (χ4n) is 2.71. The molecular formula is C18H20N4O4S2. The number of carbonyl (C=O) groups is 1. The van der Waals surface area contributed by atoms with Gasteiger partial charge in [0.05, 0.1) is 5.39 Å². The molecule has 2 aromatic heterocycles. The van der Waals surface area contributed by atoms with Crippen LogP contribution in [0.2, 0.25) is 0 Å². The Morgan fingerprint density at radius 1 is 1.14 bits per heavy atom. The highest BCUT2D eigenvalue weighted by atomic mass is 32.2. The van der Waals surface area contributed by atoms with E-state index in [0.717, 1.165) is 30.6 Å². The zero-order valence-electron chi connectivity index (χ0n) is 15.2. The van der Waals surface area contributed by atoms with Crippen LogP contribution in [0.1, 0.15) is 36.7 Å². The topological polar surface area (TPSA) is 110 Å². The summed E-state index contributed by atoms with van der Waals surface area (Å²) in [5, 5.41) is 6.55. The molecule has 0 fully saturated rings. The second kappa shape index (κ2) is 8.63. The van der Waals surface area contributed by atoms with E-state index >= 15 is 0 Å². The number of hydrazine groups is 1. The summed E-state index contributed by atoms with van der Waals surface area (Å²) < 4.78 is 25.7. The molecule has 0 spiro atoms. The van der Waals surface area contributed by atoms with Crippen molar-refractivity contribution in [3.8, 4) is 0 Å². The van der Waals surface area contributed by atoms with Crippen LogP contribution in [-0.2, 0) is 16.6 Å². The second-order valence-corrected chi connectivity index (χ2v) is 8.98. The zero-order chi connectivity index (χ0) is 20.1. The summed E-state index contributed by atoms with van der Waals surface area (Å²) in [6.07, 6.45) is 2.68. The lowest BCUT2D eigenvalue weighted by Crippen LogP contribution is -2.42. The smallest absolute Gasteiger partial charge is 0.272 e. The molecule has 148 valence electrons. The summed E-state index contributed by atoms with van der Waals surface area (Å²) in [4.78, 5) is 27.4. The molecule has 0 radical (unpaired) electrons. The van der Waals surface area contributed by atoms with Crippen LogP contribution in [0.15, 0.2) is 50.8 Å². The van der Waals surface area contributed by atoms with Crippen molar-refractivity contribution in [1.29, 1.82) is 0 Å². The Kier molecular flexibility index (Phi) is 6.22. The number of nitrogens with zero attached hydrogens (tertiary/aromatic N) is 2. The van der Waals surface area contributed by atoms with E-state index in [4.69, 9.17) is 0 Å². The number of carbonyl (C=O) groups excluding carboxylic acids is 1. The fraction of sp³-hybridized carbons (Fsp3) is 0.278. The van der Waals surface area contributed by atoms with Crippen LogP contribution in [0.25, 0.3) is 10.8 Å². The molecule has 10 heteroatoms. The van der Waals surface area contributed by atoms with Gasteiger partial charge in [0.2, 0.25) is 0 Å². The molecule has 1 amide bonds. The number of rotatable bonds is 8. The summed E-state index contributed by atoms with van der Waals surface area (Å²) in [6, 6.07) is 9.67. The van der Waals surface area contributed by atoms with Crippen molar-refractivity contribution in [2.24, 2.45) is 0 Å². The molecule has 0 aliphatic heterocycles. The second-order valence-electron chi connectivity index (χ2n) is 6.12. The maximum absolute atomic E-state index is 12.7. The average Bonchev–Trinajstić information content (AvgIpc) is 3.24. The minimum absolute atomic E-state index is 0.0134. The molecule has 0 saturated carbocycles. The number of amides is 1. The Morgan fingerprint density at radius 3 is 2.57 bits per heavy atom. The molecule has 28 heavy (non-hydrogen) atoms. The number of aryl methyl sites for hydroxylation is 1. The minimum atomic E-state index is -3.87. The predicted octanol–water partition coefficient (Wildman–Crippen LogP) is 2.27.